The molecule has 1 aliphatic rings. The Morgan fingerprint density at radius 2 is 1.62 bits per heavy atom. The zero-order valence-corrected chi connectivity index (χ0v) is 18.9. The van der Waals surface area contributed by atoms with E-state index in [1.54, 1.807) is 12.1 Å². The largest absolute Gasteiger partial charge is 0.379 e. The topological polar surface area (TPSA) is 122 Å². The van der Waals surface area contributed by atoms with Gasteiger partial charge in [0.2, 0.25) is 10.0 Å². The average molecular weight is 480 g/mol. The fourth-order valence-corrected chi connectivity index (χ4v) is 5.16. The molecule has 0 radical (unpaired) electrons. The van der Waals surface area contributed by atoms with Gasteiger partial charge in [0.05, 0.1) is 24.4 Å². The van der Waals surface area contributed by atoms with E-state index in [4.69, 9.17) is 4.74 Å². The first-order chi connectivity index (χ1) is 15.3. The third kappa shape index (κ3) is 7.16. The van der Waals surface area contributed by atoms with E-state index in [2.05, 4.69) is 10.0 Å². The van der Waals surface area contributed by atoms with E-state index in [9.17, 15) is 21.6 Å². The van der Waals surface area contributed by atoms with Crippen LogP contribution in [0.2, 0.25) is 0 Å². The number of anilines is 1. The molecule has 32 heavy (non-hydrogen) atoms. The highest BCUT2D eigenvalue weighted by molar-refractivity contribution is 7.95. The molecule has 1 amide bonds. The summed E-state index contributed by atoms with van der Waals surface area (Å²) in [6.07, 6.45) is 1.48. The van der Waals surface area contributed by atoms with E-state index < -0.39 is 26.0 Å². The summed E-state index contributed by atoms with van der Waals surface area (Å²) in [6, 6.07) is 14.9. The molecule has 1 fully saturated rings. The van der Waals surface area contributed by atoms with Gasteiger partial charge in [-0.2, -0.15) is 4.31 Å². The van der Waals surface area contributed by atoms with E-state index >= 15 is 0 Å². The number of carbonyl (C=O) groups excluding carboxylic acids is 1. The number of nitrogens with one attached hydrogen (secondary N) is 2. The minimum Gasteiger partial charge on any atom is -0.379 e. The molecule has 0 bridgehead atoms. The molecule has 2 N–H and O–H groups in total. The second kappa shape index (κ2) is 10.7. The lowest BCUT2D eigenvalue weighted by Gasteiger charge is -2.26. The van der Waals surface area contributed by atoms with Crippen LogP contribution in [0.25, 0.3) is 6.08 Å². The van der Waals surface area contributed by atoms with Gasteiger partial charge in [0.1, 0.15) is 0 Å². The zero-order chi connectivity index (χ0) is 23.0. The van der Waals surface area contributed by atoms with Crippen molar-refractivity contribution in [3.8, 4) is 0 Å². The molecule has 172 valence electrons. The number of rotatable bonds is 9. The van der Waals surface area contributed by atoms with Crippen molar-refractivity contribution in [2.24, 2.45) is 0 Å². The third-order valence-corrected chi connectivity index (χ3v) is 7.54. The monoisotopic (exact) mass is 479 g/mol. The van der Waals surface area contributed by atoms with Gasteiger partial charge < -0.3 is 10.1 Å². The predicted molar refractivity (Wildman–Crippen MR) is 123 cm³/mol. The van der Waals surface area contributed by atoms with Crippen molar-refractivity contribution in [1.82, 2.24) is 9.62 Å². The Bertz CT molecular complexity index is 1140. The van der Waals surface area contributed by atoms with E-state index in [0.717, 1.165) is 11.0 Å². The van der Waals surface area contributed by atoms with Crippen molar-refractivity contribution in [3.63, 3.8) is 0 Å². The van der Waals surface area contributed by atoms with Gasteiger partial charge in [0.15, 0.2) is 0 Å². The summed E-state index contributed by atoms with van der Waals surface area (Å²) < 4.78 is 57.9. The maximum Gasteiger partial charge on any atom is 0.255 e. The molecule has 0 unspecified atom stereocenters. The van der Waals surface area contributed by atoms with Crippen LogP contribution in [0.3, 0.4) is 0 Å². The molecule has 3 rings (SSSR count). The Hall–Kier alpha value is -2.73. The summed E-state index contributed by atoms with van der Waals surface area (Å²) >= 11 is 0. The quantitative estimate of drug-likeness (QED) is 0.562. The molecule has 2 aromatic carbocycles. The lowest BCUT2D eigenvalue weighted by atomic mass is 10.2. The lowest BCUT2D eigenvalue weighted by molar-refractivity contribution is 0.0730. The molecule has 11 heteroatoms. The molecule has 9 nitrogen and oxygen atoms in total. The Morgan fingerprint density at radius 3 is 2.28 bits per heavy atom. The Morgan fingerprint density at radius 1 is 0.969 bits per heavy atom. The molecule has 2 aromatic rings. The van der Waals surface area contributed by atoms with Crippen LogP contribution in [0.1, 0.15) is 15.9 Å². The van der Waals surface area contributed by atoms with Crippen molar-refractivity contribution < 1.29 is 26.4 Å². The highest BCUT2D eigenvalue weighted by Crippen LogP contribution is 2.13. The van der Waals surface area contributed by atoms with Gasteiger partial charge in [-0.15, -0.1) is 0 Å². The van der Waals surface area contributed by atoms with Gasteiger partial charge in [-0.1, -0.05) is 30.3 Å². The fourth-order valence-electron chi connectivity index (χ4n) is 2.97. The minimum atomic E-state index is -3.72. The number of hydrogen-bond donors (Lipinski definition) is 2. The highest BCUT2D eigenvalue weighted by atomic mass is 32.2. The molecule has 1 saturated heterocycles. The normalized spacial score (nSPS) is 15.5. The molecular formula is C21H25N3O6S2. The van der Waals surface area contributed by atoms with Crippen LogP contribution in [0.15, 0.2) is 60.0 Å². The van der Waals surface area contributed by atoms with Crippen LogP contribution < -0.4 is 10.0 Å². The number of carbonyl (C=O) groups is 1. The Balaban J connectivity index is 1.51. The number of ether oxygens (including phenoxy) is 1. The van der Waals surface area contributed by atoms with Crippen LogP contribution in [0.4, 0.5) is 5.69 Å². The summed E-state index contributed by atoms with van der Waals surface area (Å²) in [6.45, 7) is 1.33. The first-order valence-electron chi connectivity index (χ1n) is 9.95. The van der Waals surface area contributed by atoms with Crippen LogP contribution >= 0.6 is 0 Å². The minimum absolute atomic E-state index is 0.0306. The molecule has 0 atom stereocenters. The van der Waals surface area contributed by atoms with Crippen LogP contribution in [-0.2, 0) is 24.8 Å². The van der Waals surface area contributed by atoms with Crippen LogP contribution in [-0.4, -0.2) is 65.6 Å². The molecular weight excluding hydrogens is 454 g/mol. The smallest absolute Gasteiger partial charge is 0.255 e. The molecule has 0 spiro atoms. The SMILES string of the molecule is O=C(NCCS(=O)(=O)N1CCOCC1)c1ccc(NS(=O)(=O)/C=C/c2ccccc2)cc1. The maximum atomic E-state index is 12.3. The summed E-state index contributed by atoms with van der Waals surface area (Å²) in [5.41, 5.74) is 1.34. The number of sulfonamides is 2. The number of hydrogen-bond acceptors (Lipinski definition) is 6. The van der Waals surface area contributed by atoms with E-state index in [1.165, 1.54) is 34.6 Å². The van der Waals surface area contributed by atoms with Gasteiger partial charge in [-0.25, -0.2) is 16.8 Å². The summed E-state index contributed by atoms with van der Waals surface area (Å²) in [4.78, 5) is 12.3. The molecule has 0 saturated carbocycles. The number of amides is 1. The molecule has 0 aliphatic carbocycles. The first-order valence-corrected chi connectivity index (χ1v) is 13.1. The highest BCUT2D eigenvalue weighted by Gasteiger charge is 2.24. The van der Waals surface area contributed by atoms with Gasteiger partial charge in [-0.05, 0) is 35.9 Å². The second-order valence-corrected chi connectivity index (χ2v) is 10.7. The average Bonchev–Trinajstić information content (AvgIpc) is 2.79. The lowest BCUT2D eigenvalue weighted by Crippen LogP contribution is -2.43. The van der Waals surface area contributed by atoms with Crippen molar-refractivity contribution in [1.29, 1.82) is 0 Å². The summed E-state index contributed by atoms with van der Waals surface area (Å²) in [5, 5.41) is 3.64. The third-order valence-electron chi connectivity index (χ3n) is 4.66. The van der Waals surface area contributed by atoms with Crippen molar-refractivity contribution in [3.05, 3.63) is 71.1 Å². The summed E-state index contributed by atoms with van der Waals surface area (Å²) in [5.74, 6) is -0.648. The second-order valence-electron chi connectivity index (χ2n) is 7.02. The van der Waals surface area contributed by atoms with Crippen molar-refractivity contribution >= 4 is 37.7 Å². The van der Waals surface area contributed by atoms with Crippen molar-refractivity contribution in [2.45, 2.75) is 0 Å². The fraction of sp³-hybridized carbons (Fsp3) is 0.286. The molecule has 1 aliphatic heterocycles. The van der Waals surface area contributed by atoms with E-state index in [1.807, 2.05) is 18.2 Å². The number of benzene rings is 2. The van der Waals surface area contributed by atoms with Crippen molar-refractivity contribution in [2.75, 3.05) is 43.3 Å². The predicted octanol–water partition coefficient (Wildman–Crippen LogP) is 1.49. The maximum absolute atomic E-state index is 12.3. The van der Waals surface area contributed by atoms with Crippen LogP contribution in [0, 0.1) is 0 Å². The standard InChI is InChI=1S/C21H25N3O6S2/c25-21(22-11-17-32(28,29)24-12-14-30-15-13-24)19-6-8-20(9-7-19)23-31(26,27)16-10-18-4-2-1-3-5-18/h1-10,16,23H,11-15,17H2,(H,22,25)/b16-10+. The molecule has 0 aromatic heterocycles. The number of nitrogens with zero attached hydrogens (tertiary/aromatic N) is 1. The van der Waals surface area contributed by atoms with Crippen LogP contribution in [0.5, 0.6) is 0 Å². The van der Waals surface area contributed by atoms with Gasteiger partial charge in [0.25, 0.3) is 15.9 Å². The first kappa shape index (κ1) is 23.9. The van der Waals surface area contributed by atoms with Gasteiger partial charge in [-0.3, -0.25) is 9.52 Å². The Labute approximate surface area is 188 Å². The summed E-state index contributed by atoms with van der Waals surface area (Å²) in [7, 11) is -7.18. The molecule has 1 heterocycles. The van der Waals surface area contributed by atoms with Gasteiger partial charge >= 0.3 is 0 Å². The Kier molecular flexibility index (Phi) is 8.02. The van der Waals surface area contributed by atoms with E-state index in [-0.39, 0.29) is 17.9 Å². The number of morpholine rings is 1. The zero-order valence-electron chi connectivity index (χ0n) is 17.3. The van der Waals surface area contributed by atoms with E-state index in [0.29, 0.717) is 32.0 Å². The van der Waals surface area contributed by atoms with Gasteiger partial charge in [0, 0.05) is 30.9 Å².